The molecular weight excluding hydrogens is 453 g/mol. The number of nitrogens with zero attached hydrogens (tertiary/aromatic N) is 1. The second-order valence-electron chi connectivity index (χ2n) is 8.91. The van der Waals surface area contributed by atoms with E-state index in [2.05, 4.69) is 10.3 Å². The molecule has 0 aliphatic carbocycles. The molecular formula is C26H28FN3O5. The number of aromatic nitrogens is 1. The molecule has 0 saturated carbocycles. The van der Waals surface area contributed by atoms with Crippen molar-refractivity contribution in [1.82, 2.24) is 10.3 Å². The minimum Gasteiger partial charge on any atom is -0.497 e. The molecule has 1 aromatic heterocycles. The summed E-state index contributed by atoms with van der Waals surface area (Å²) in [7, 11) is 1.50. The molecule has 0 radical (unpaired) electrons. The first-order valence-corrected chi connectivity index (χ1v) is 10.9. The lowest BCUT2D eigenvalue weighted by Crippen LogP contribution is -2.41. The first kappa shape index (κ1) is 24.2. The molecule has 2 heterocycles. The number of rotatable bonds is 7. The van der Waals surface area contributed by atoms with Crippen molar-refractivity contribution in [2.45, 2.75) is 24.9 Å². The molecule has 3 aromatic rings. The van der Waals surface area contributed by atoms with Gasteiger partial charge < -0.3 is 25.6 Å². The third-order valence-corrected chi connectivity index (χ3v) is 6.21. The topological polar surface area (TPSA) is 124 Å². The molecule has 0 bridgehead atoms. The Morgan fingerprint density at radius 3 is 2.66 bits per heavy atom. The van der Waals surface area contributed by atoms with Crippen molar-refractivity contribution in [1.29, 1.82) is 0 Å². The van der Waals surface area contributed by atoms with Crippen LogP contribution in [-0.2, 0) is 15.8 Å². The summed E-state index contributed by atoms with van der Waals surface area (Å²) >= 11 is 0. The summed E-state index contributed by atoms with van der Waals surface area (Å²) in [6.45, 7) is 2.98. The Bertz CT molecular complexity index is 1300. The monoisotopic (exact) mass is 481 g/mol. The van der Waals surface area contributed by atoms with E-state index in [9.17, 15) is 19.1 Å². The fourth-order valence-electron chi connectivity index (χ4n) is 3.88. The predicted octanol–water partition coefficient (Wildman–Crippen LogP) is 2.92. The lowest BCUT2D eigenvalue weighted by atomic mass is 9.82. The zero-order chi connectivity index (χ0) is 25.4. The molecule has 184 valence electrons. The Labute approximate surface area is 203 Å². The van der Waals surface area contributed by atoms with Crippen molar-refractivity contribution in [3.8, 4) is 22.8 Å². The van der Waals surface area contributed by atoms with Crippen LogP contribution in [0.15, 0.2) is 54.6 Å². The van der Waals surface area contributed by atoms with Gasteiger partial charge in [-0.15, -0.1) is 0 Å². The van der Waals surface area contributed by atoms with Crippen LogP contribution < -0.4 is 20.5 Å². The third-order valence-electron chi connectivity index (χ3n) is 6.21. The normalized spacial score (nSPS) is 18.2. The van der Waals surface area contributed by atoms with Gasteiger partial charge in [-0.1, -0.05) is 6.07 Å². The SMILES string of the molecule is COc1cccc(C(=O)NC[C@](C)(O)c2cc3c(c(-c4ccc(F)cc4)n2)OC[C@]3(C)C(N)=O)c1.[HH]. The first-order valence-electron chi connectivity index (χ1n) is 10.9. The lowest BCUT2D eigenvalue weighted by Gasteiger charge is -2.26. The van der Waals surface area contributed by atoms with Crippen molar-refractivity contribution < 1.29 is 30.0 Å². The van der Waals surface area contributed by atoms with Crippen LogP contribution in [0.4, 0.5) is 4.39 Å². The number of ether oxygens (including phenoxy) is 2. The van der Waals surface area contributed by atoms with Gasteiger partial charge in [0.2, 0.25) is 5.91 Å². The second kappa shape index (κ2) is 8.99. The van der Waals surface area contributed by atoms with E-state index >= 15 is 0 Å². The standard InChI is InChI=1S/C26H26FN3O5.H2/c1-25(24(28)32)14-35-22-19(25)12-20(30-21(22)15-7-9-17(27)10-8-15)26(2,33)13-29-23(31)16-5-4-6-18(11-16)34-3;/h4-12,33H,13-14H2,1-3H3,(H2,28,32)(H,29,31);1H/t25-,26-;/m0./s1. The maximum atomic E-state index is 13.5. The molecule has 4 N–H and O–H groups in total. The van der Waals surface area contributed by atoms with Crippen LogP contribution in [0.2, 0.25) is 0 Å². The smallest absolute Gasteiger partial charge is 0.251 e. The predicted molar refractivity (Wildman–Crippen MR) is 129 cm³/mol. The second-order valence-corrected chi connectivity index (χ2v) is 8.91. The van der Waals surface area contributed by atoms with Gasteiger partial charge in [-0.05, 0) is 62.4 Å². The molecule has 2 aromatic carbocycles. The maximum absolute atomic E-state index is 13.5. The summed E-state index contributed by atoms with van der Waals surface area (Å²) in [6.07, 6.45) is 0. The van der Waals surface area contributed by atoms with E-state index in [1.807, 2.05) is 0 Å². The molecule has 0 spiro atoms. The largest absolute Gasteiger partial charge is 0.497 e. The molecule has 0 saturated heterocycles. The summed E-state index contributed by atoms with van der Waals surface area (Å²) in [5.74, 6) is -0.548. The minimum atomic E-state index is -1.63. The fraction of sp³-hybridized carbons (Fsp3) is 0.269. The van der Waals surface area contributed by atoms with E-state index in [-0.39, 0.29) is 20.3 Å². The number of amides is 2. The van der Waals surface area contributed by atoms with Crippen LogP contribution in [0.25, 0.3) is 11.3 Å². The number of pyridine rings is 1. The molecule has 35 heavy (non-hydrogen) atoms. The number of benzene rings is 2. The summed E-state index contributed by atoms with van der Waals surface area (Å²) in [5.41, 5.74) is 4.80. The highest BCUT2D eigenvalue weighted by molar-refractivity contribution is 5.94. The van der Waals surface area contributed by atoms with E-state index in [4.69, 9.17) is 15.2 Å². The molecule has 0 fully saturated rings. The number of nitrogens with two attached hydrogens (primary N) is 1. The average molecular weight is 482 g/mol. The van der Waals surface area contributed by atoms with Crippen LogP contribution in [0.5, 0.6) is 11.5 Å². The lowest BCUT2D eigenvalue weighted by molar-refractivity contribution is -0.123. The number of carbonyl (C=O) groups excluding carboxylic acids is 2. The van der Waals surface area contributed by atoms with Gasteiger partial charge in [0.05, 0.1) is 19.3 Å². The number of aliphatic hydroxyl groups is 1. The summed E-state index contributed by atoms with van der Waals surface area (Å²) in [6, 6.07) is 13.8. The Morgan fingerprint density at radius 1 is 1.29 bits per heavy atom. The highest BCUT2D eigenvalue weighted by atomic mass is 19.1. The number of hydrogen-bond donors (Lipinski definition) is 3. The van der Waals surface area contributed by atoms with Crippen LogP contribution in [-0.4, -0.2) is 42.2 Å². The quantitative estimate of drug-likeness (QED) is 0.477. The van der Waals surface area contributed by atoms with Crippen LogP contribution >= 0.6 is 0 Å². The Balaban J connectivity index is 0.00000361. The van der Waals surface area contributed by atoms with Gasteiger partial charge in [0.1, 0.15) is 40.6 Å². The van der Waals surface area contributed by atoms with Gasteiger partial charge in [-0.2, -0.15) is 0 Å². The Hall–Kier alpha value is -3.98. The van der Waals surface area contributed by atoms with Crippen molar-refractivity contribution in [3.05, 3.63) is 77.2 Å². The number of fused-ring (bicyclic) bond motifs is 1. The number of hydrogen-bond acceptors (Lipinski definition) is 6. The highest BCUT2D eigenvalue weighted by Crippen LogP contribution is 2.45. The highest BCUT2D eigenvalue weighted by Gasteiger charge is 2.45. The molecule has 2 amide bonds. The molecule has 0 unspecified atom stereocenters. The zero-order valence-corrected chi connectivity index (χ0v) is 19.6. The number of nitrogens with one attached hydrogen (secondary N) is 1. The molecule has 1 aliphatic heterocycles. The van der Waals surface area contributed by atoms with Crippen LogP contribution in [0, 0.1) is 5.82 Å². The molecule has 1 aliphatic rings. The molecule has 2 atom stereocenters. The van der Waals surface area contributed by atoms with Crippen molar-refractivity contribution in [3.63, 3.8) is 0 Å². The summed E-state index contributed by atoms with van der Waals surface area (Å²) in [4.78, 5) is 29.6. The Morgan fingerprint density at radius 2 is 2.00 bits per heavy atom. The van der Waals surface area contributed by atoms with Gasteiger partial charge in [0.25, 0.3) is 5.91 Å². The van der Waals surface area contributed by atoms with Gasteiger partial charge >= 0.3 is 0 Å². The average Bonchev–Trinajstić information content (AvgIpc) is 3.20. The van der Waals surface area contributed by atoms with Gasteiger partial charge in [0.15, 0.2) is 0 Å². The zero-order valence-electron chi connectivity index (χ0n) is 19.6. The number of methoxy groups -OCH3 is 1. The van der Waals surface area contributed by atoms with E-state index in [0.717, 1.165) is 0 Å². The van der Waals surface area contributed by atoms with Gasteiger partial charge in [0, 0.05) is 18.1 Å². The van der Waals surface area contributed by atoms with Gasteiger partial charge in [-0.3, -0.25) is 9.59 Å². The number of halogens is 1. The van der Waals surface area contributed by atoms with E-state index in [0.29, 0.717) is 33.9 Å². The van der Waals surface area contributed by atoms with Crippen LogP contribution in [0.1, 0.15) is 36.9 Å². The van der Waals surface area contributed by atoms with E-state index < -0.39 is 28.6 Å². The molecule has 4 rings (SSSR count). The van der Waals surface area contributed by atoms with Crippen molar-refractivity contribution >= 4 is 11.8 Å². The van der Waals surface area contributed by atoms with E-state index in [1.54, 1.807) is 37.3 Å². The third kappa shape index (κ3) is 4.54. The molecule has 8 nitrogen and oxygen atoms in total. The molecule has 9 heteroatoms. The van der Waals surface area contributed by atoms with Crippen LogP contribution in [0.3, 0.4) is 0 Å². The first-order chi connectivity index (χ1) is 16.5. The minimum absolute atomic E-state index is 0. The number of primary amides is 1. The fourth-order valence-corrected chi connectivity index (χ4v) is 3.88. The summed E-state index contributed by atoms with van der Waals surface area (Å²) < 4.78 is 24.5. The van der Waals surface area contributed by atoms with E-state index in [1.165, 1.54) is 38.3 Å². The van der Waals surface area contributed by atoms with Crippen molar-refractivity contribution in [2.24, 2.45) is 5.73 Å². The number of carbonyl (C=O) groups is 2. The van der Waals surface area contributed by atoms with Crippen molar-refractivity contribution in [2.75, 3.05) is 20.3 Å². The Kier molecular flexibility index (Phi) is 6.21. The summed E-state index contributed by atoms with van der Waals surface area (Å²) in [5, 5.41) is 14.0. The van der Waals surface area contributed by atoms with Gasteiger partial charge in [-0.25, -0.2) is 9.37 Å². The maximum Gasteiger partial charge on any atom is 0.251 e.